The summed E-state index contributed by atoms with van der Waals surface area (Å²) in [5.41, 5.74) is 0. The topological polar surface area (TPSA) is 41.5 Å². The van der Waals surface area contributed by atoms with Gasteiger partial charge >= 0.3 is 6.01 Å². The quantitative estimate of drug-likeness (QED) is 0.589. The molecule has 0 saturated carbocycles. The van der Waals surface area contributed by atoms with Gasteiger partial charge in [0.25, 0.3) is 0 Å². The first-order valence-electron chi connectivity index (χ1n) is 6.34. The second-order valence-corrected chi connectivity index (χ2v) is 5.92. The summed E-state index contributed by atoms with van der Waals surface area (Å²) in [4.78, 5) is 13.6. The van der Waals surface area contributed by atoms with Crippen molar-refractivity contribution in [2.45, 2.75) is 18.9 Å². The Labute approximate surface area is 121 Å². The lowest BCUT2D eigenvalue weighted by Gasteiger charge is -2.38. The Bertz CT molecular complexity index is 442. The van der Waals surface area contributed by atoms with Gasteiger partial charge in [0.2, 0.25) is 0 Å². The number of hydrogen-bond donors (Lipinski definition) is 0. The standard InChI is InChI=1S/C12H17IN4O/c1-18-12-14-10(13)7-11(15-12)17-6-5-16-4-2-3-9(16)8-17/h7,9H,2-6,8H2,1H3/t9-/m1/s1. The van der Waals surface area contributed by atoms with Crippen LogP contribution in [0.2, 0.25) is 0 Å². The van der Waals surface area contributed by atoms with Crippen LogP contribution in [0.1, 0.15) is 12.8 Å². The first-order chi connectivity index (χ1) is 8.76. The fourth-order valence-electron chi connectivity index (χ4n) is 2.84. The van der Waals surface area contributed by atoms with Crippen molar-refractivity contribution in [2.75, 3.05) is 38.2 Å². The van der Waals surface area contributed by atoms with Gasteiger partial charge in [0.05, 0.1) is 7.11 Å². The molecule has 1 atom stereocenters. The Morgan fingerprint density at radius 1 is 1.33 bits per heavy atom. The first-order valence-corrected chi connectivity index (χ1v) is 7.42. The largest absolute Gasteiger partial charge is 0.467 e. The molecule has 0 radical (unpaired) electrons. The third-order valence-electron chi connectivity index (χ3n) is 3.75. The molecule has 2 fully saturated rings. The number of anilines is 1. The zero-order valence-electron chi connectivity index (χ0n) is 10.5. The van der Waals surface area contributed by atoms with Crippen LogP contribution in [0.5, 0.6) is 6.01 Å². The van der Waals surface area contributed by atoms with E-state index in [-0.39, 0.29) is 0 Å². The molecular formula is C12H17IN4O. The van der Waals surface area contributed by atoms with Crippen molar-refractivity contribution in [2.24, 2.45) is 0 Å². The van der Waals surface area contributed by atoms with Gasteiger partial charge < -0.3 is 9.64 Å². The van der Waals surface area contributed by atoms with Gasteiger partial charge in [0.15, 0.2) is 0 Å². The number of halogens is 1. The molecule has 2 saturated heterocycles. The van der Waals surface area contributed by atoms with Crippen LogP contribution in [0.15, 0.2) is 6.07 Å². The second kappa shape index (κ2) is 5.16. The highest BCUT2D eigenvalue weighted by Gasteiger charge is 2.31. The molecule has 3 rings (SSSR count). The van der Waals surface area contributed by atoms with Crippen LogP contribution < -0.4 is 9.64 Å². The molecule has 2 aliphatic heterocycles. The first kappa shape index (κ1) is 12.4. The van der Waals surface area contributed by atoms with E-state index in [1.807, 2.05) is 6.07 Å². The monoisotopic (exact) mass is 360 g/mol. The van der Waals surface area contributed by atoms with Crippen LogP contribution in [-0.4, -0.2) is 54.2 Å². The van der Waals surface area contributed by atoms with E-state index in [2.05, 4.69) is 42.4 Å². The van der Waals surface area contributed by atoms with Gasteiger partial charge in [-0.15, -0.1) is 0 Å². The lowest BCUT2D eigenvalue weighted by atomic mass is 10.1. The molecule has 18 heavy (non-hydrogen) atoms. The lowest BCUT2D eigenvalue weighted by molar-refractivity contribution is 0.230. The summed E-state index contributed by atoms with van der Waals surface area (Å²) in [5.74, 6) is 0.998. The smallest absolute Gasteiger partial charge is 0.319 e. The van der Waals surface area contributed by atoms with E-state index in [1.165, 1.54) is 19.4 Å². The van der Waals surface area contributed by atoms with Gasteiger partial charge in [-0.3, -0.25) is 4.90 Å². The van der Waals surface area contributed by atoms with E-state index in [1.54, 1.807) is 7.11 Å². The molecule has 0 N–H and O–H groups in total. The highest BCUT2D eigenvalue weighted by molar-refractivity contribution is 14.1. The Morgan fingerprint density at radius 3 is 3.06 bits per heavy atom. The number of fused-ring (bicyclic) bond motifs is 1. The van der Waals surface area contributed by atoms with Gasteiger partial charge in [0, 0.05) is 31.7 Å². The third kappa shape index (κ3) is 2.40. The molecule has 98 valence electrons. The maximum Gasteiger partial charge on any atom is 0.319 e. The van der Waals surface area contributed by atoms with E-state index in [0.29, 0.717) is 12.1 Å². The predicted octanol–water partition coefficient (Wildman–Crippen LogP) is 1.37. The van der Waals surface area contributed by atoms with Gasteiger partial charge in [0.1, 0.15) is 9.52 Å². The minimum atomic E-state index is 0.464. The number of rotatable bonds is 2. The Kier molecular flexibility index (Phi) is 3.56. The Balaban J connectivity index is 1.80. The fourth-order valence-corrected chi connectivity index (χ4v) is 3.32. The minimum absolute atomic E-state index is 0.464. The molecule has 0 bridgehead atoms. The average molecular weight is 360 g/mol. The van der Waals surface area contributed by atoms with E-state index in [9.17, 15) is 0 Å². The molecule has 5 nitrogen and oxygen atoms in total. The lowest BCUT2D eigenvalue weighted by Crippen LogP contribution is -2.50. The molecule has 3 heterocycles. The van der Waals surface area contributed by atoms with Crippen LogP contribution in [0, 0.1) is 3.70 Å². The number of ether oxygens (including phenoxy) is 1. The highest BCUT2D eigenvalue weighted by Crippen LogP contribution is 2.25. The molecule has 0 amide bonds. The van der Waals surface area contributed by atoms with Crippen molar-refractivity contribution in [1.29, 1.82) is 0 Å². The van der Waals surface area contributed by atoms with E-state index >= 15 is 0 Å². The van der Waals surface area contributed by atoms with Crippen LogP contribution in [0.25, 0.3) is 0 Å². The molecule has 1 aromatic heterocycles. The second-order valence-electron chi connectivity index (χ2n) is 4.81. The van der Waals surface area contributed by atoms with Gasteiger partial charge in [-0.05, 0) is 42.0 Å². The van der Waals surface area contributed by atoms with Crippen LogP contribution in [0.4, 0.5) is 5.82 Å². The van der Waals surface area contributed by atoms with Gasteiger partial charge in [-0.1, -0.05) is 0 Å². The van der Waals surface area contributed by atoms with Crippen molar-refractivity contribution >= 4 is 28.4 Å². The predicted molar refractivity (Wildman–Crippen MR) is 78.1 cm³/mol. The highest BCUT2D eigenvalue weighted by atomic mass is 127. The summed E-state index contributed by atoms with van der Waals surface area (Å²) in [6.45, 7) is 4.54. The molecular weight excluding hydrogens is 343 g/mol. The summed E-state index contributed by atoms with van der Waals surface area (Å²) >= 11 is 2.21. The number of aromatic nitrogens is 2. The fraction of sp³-hybridized carbons (Fsp3) is 0.667. The normalized spacial score (nSPS) is 24.1. The van der Waals surface area contributed by atoms with E-state index < -0.39 is 0 Å². The van der Waals surface area contributed by atoms with E-state index in [4.69, 9.17) is 4.74 Å². The van der Waals surface area contributed by atoms with Crippen molar-refractivity contribution in [3.05, 3.63) is 9.77 Å². The summed E-state index contributed by atoms with van der Waals surface area (Å²) in [6.07, 6.45) is 2.65. The molecule has 1 aromatic rings. The molecule has 2 aliphatic rings. The maximum absolute atomic E-state index is 5.15. The van der Waals surface area contributed by atoms with Crippen molar-refractivity contribution in [3.63, 3.8) is 0 Å². The summed E-state index contributed by atoms with van der Waals surface area (Å²) in [5, 5.41) is 0. The van der Waals surface area contributed by atoms with Crippen molar-refractivity contribution < 1.29 is 4.74 Å². The Hall–Kier alpha value is -0.630. The SMILES string of the molecule is COc1nc(I)cc(N2CCN3CCC[C@@H]3C2)n1. The Morgan fingerprint density at radius 2 is 2.22 bits per heavy atom. The maximum atomic E-state index is 5.15. The number of piperazine rings is 1. The molecule has 6 heteroatoms. The van der Waals surface area contributed by atoms with Crippen molar-refractivity contribution in [1.82, 2.24) is 14.9 Å². The zero-order chi connectivity index (χ0) is 12.5. The minimum Gasteiger partial charge on any atom is -0.467 e. The number of methoxy groups -OCH3 is 1. The summed E-state index contributed by atoms with van der Waals surface area (Å²) < 4.78 is 6.08. The zero-order valence-corrected chi connectivity index (χ0v) is 12.6. The van der Waals surface area contributed by atoms with Gasteiger partial charge in [-0.2, -0.15) is 9.97 Å². The molecule has 0 aliphatic carbocycles. The van der Waals surface area contributed by atoms with E-state index in [0.717, 1.165) is 29.2 Å². The summed E-state index contributed by atoms with van der Waals surface area (Å²) in [7, 11) is 1.62. The summed E-state index contributed by atoms with van der Waals surface area (Å²) in [6, 6.07) is 3.20. The number of hydrogen-bond acceptors (Lipinski definition) is 5. The van der Waals surface area contributed by atoms with Crippen LogP contribution in [-0.2, 0) is 0 Å². The average Bonchev–Trinajstić information content (AvgIpc) is 2.85. The number of nitrogens with zero attached hydrogens (tertiary/aromatic N) is 4. The third-order valence-corrected chi connectivity index (χ3v) is 4.31. The molecule has 0 spiro atoms. The van der Waals surface area contributed by atoms with Crippen LogP contribution >= 0.6 is 22.6 Å². The molecule has 0 aromatic carbocycles. The van der Waals surface area contributed by atoms with Crippen LogP contribution in [0.3, 0.4) is 0 Å². The molecule has 0 unspecified atom stereocenters. The van der Waals surface area contributed by atoms with Crippen molar-refractivity contribution in [3.8, 4) is 6.01 Å². The van der Waals surface area contributed by atoms with Gasteiger partial charge in [-0.25, -0.2) is 0 Å².